The Kier molecular flexibility index (Phi) is 5.99. The van der Waals surface area contributed by atoms with Crippen LogP contribution in [0.2, 0.25) is 0 Å². The number of nitrogens with zero attached hydrogens (tertiary/aromatic N) is 4. The van der Waals surface area contributed by atoms with Crippen molar-refractivity contribution in [3.8, 4) is 5.75 Å². The van der Waals surface area contributed by atoms with E-state index in [-0.39, 0.29) is 12.4 Å². The number of fused-ring (bicyclic) bond motifs is 1. The number of amides is 1. The molecule has 2 aromatic heterocycles. The molecule has 158 valence electrons. The van der Waals surface area contributed by atoms with Gasteiger partial charge in [0.05, 0.1) is 6.61 Å². The first-order valence-electron chi connectivity index (χ1n) is 9.45. The highest BCUT2D eigenvalue weighted by Crippen LogP contribution is 2.26. The van der Waals surface area contributed by atoms with Crippen LogP contribution in [0.3, 0.4) is 0 Å². The summed E-state index contributed by atoms with van der Waals surface area (Å²) in [5, 5.41) is 11.6. The highest BCUT2D eigenvalue weighted by atomic mass is 32.2. The monoisotopic (exact) mass is 439 g/mol. The highest BCUT2D eigenvalue weighted by Gasteiger charge is 2.13. The molecule has 0 unspecified atom stereocenters. The molecule has 0 saturated heterocycles. The third-order valence-corrected chi connectivity index (χ3v) is 5.09. The Morgan fingerprint density at radius 3 is 2.68 bits per heavy atom. The lowest BCUT2D eigenvalue weighted by Gasteiger charge is -2.06. The minimum atomic E-state index is -0.543. The van der Waals surface area contributed by atoms with Crippen LogP contribution in [0.1, 0.15) is 6.92 Å². The Morgan fingerprint density at radius 1 is 1.13 bits per heavy atom. The maximum atomic E-state index is 13.4. The molecule has 0 saturated carbocycles. The number of halogens is 1. The van der Waals surface area contributed by atoms with E-state index in [1.54, 1.807) is 48.5 Å². The fourth-order valence-corrected chi connectivity index (χ4v) is 3.66. The standard InChI is InChI=1S/C21H18FN5O3S/c1-2-30-16-8-6-15(7-9-16)23-19(28)13-26-21(29)27-18(24-26)10-11-20(25-27)31-17-5-3-4-14(22)12-17/h3-12H,2,13H2,1H3,(H,23,28). The zero-order valence-electron chi connectivity index (χ0n) is 16.5. The number of aromatic nitrogens is 4. The van der Waals surface area contributed by atoms with Gasteiger partial charge in [-0.05, 0) is 61.5 Å². The van der Waals surface area contributed by atoms with E-state index in [4.69, 9.17) is 4.74 Å². The number of ether oxygens (including phenoxy) is 1. The molecular formula is C21H18FN5O3S. The molecule has 0 aliphatic heterocycles. The van der Waals surface area contributed by atoms with Crippen LogP contribution >= 0.6 is 11.8 Å². The zero-order chi connectivity index (χ0) is 21.8. The molecule has 1 N–H and O–H groups in total. The molecule has 10 heteroatoms. The number of benzene rings is 2. The van der Waals surface area contributed by atoms with Gasteiger partial charge in [-0.1, -0.05) is 17.8 Å². The van der Waals surface area contributed by atoms with Gasteiger partial charge in [0.2, 0.25) is 5.91 Å². The van der Waals surface area contributed by atoms with Crippen LogP contribution in [0.5, 0.6) is 5.75 Å². The molecule has 0 fully saturated rings. The molecule has 2 heterocycles. The van der Waals surface area contributed by atoms with Crippen LogP contribution in [-0.4, -0.2) is 31.9 Å². The molecule has 4 rings (SSSR count). The first-order chi connectivity index (χ1) is 15.0. The van der Waals surface area contributed by atoms with Crippen LogP contribution in [0, 0.1) is 5.82 Å². The van der Waals surface area contributed by atoms with E-state index >= 15 is 0 Å². The van der Waals surface area contributed by atoms with Crippen LogP contribution in [0.4, 0.5) is 10.1 Å². The predicted octanol–water partition coefficient (Wildman–Crippen LogP) is 3.22. The largest absolute Gasteiger partial charge is 0.494 e. The number of carbonyl (C=O) groups excluding carboxylic acids is 1. The topological polar surface area (TPSA) is 90.5 Å². The molecule has 4 aromatic rings. The third-order valence-electron chi connectivity index (χ3n) is 4.18. The normalized spacial score (nSPS) is 10.9. The van der Waals surface area contributed by atoms with Crippen LogP contribution in [0.25, 0.3) is 5.65 Å². The third kappa shape index (κ3) is 4.92. The zero-order valence-corrected chi connectivity index (χ0v) is 17.3. The highest BCUT2D eigenvalue weighted by molar-refractivity contribution is 7.99. The molecule has 0 atom stereocenters. The van der Waals surface area contributed by atoms with Crippen molar-refractivity contribution in [3.63, 3.8) is 0 Å². The summed E-state index contributed by atoms with van der Waals surface area (Å²) in [6.07, 6.45) is 0. The van der Waals surface area contributed by atoms with Crippen LogP contribution < -0.4 is 15.7 Å². The van der Waals surface area contributed by atoms with E-state index in [1.165, 1.54) is 23.9 Å². The van der Waals surface area contributed by atoms with Gasteiger partial charge in [-0.25, -0.2) is 13.9 Å². The predicted molar refractivity (Wildman–Crippen MR) is 114 cm³/mol. The second-order valence-corrected chi connectivity index (χ2v) is 7.54. The maximum absolute atomic E-state index is 13.4. The number of carbonyl (C=O) groups is 1. The van der Waals surface area contributed by atoms with E-state index in [2.05, 4.69) is 15.5 Å². The minimum Gasteiger partial charge on any atom is -0.494 e. The lowest BCUT2D eigenvalue weighted by atomic mass is 10.3. The molecule has 0 aliphatic carbocycles. The Labute approximate surface area is 180 Å². The van der Waals surface area contributed by atoms with Gasteiger partial charge in [-0.3, -0.25) is 4.79 Å². The maximum Gasteiger partial charge on any atom is 0.367 e. The van der Waals surface area contributed by atoms with Crippen molar-refractivity contribution >= 4 is 29.0 Å². The van der Waals surface area contributed by atoms with Crippen LogP contribution in [0.15, 0.2) is 75.4 Å². The molecule has 8 nitrogen and oxygen atoms in total. The first-order valence-corrected chi connectivity index (χ1v) is 10.3. The van der Waals surface area contributed by atoms with E-state index in [9.17, 15) is 14.0 Å². The van der Waals surface area contributed by atoms with Gasteiger partial charge < -0.3 is 10.1 Å². The van der Waals surface area contributed by atoms with E-state index in [1.807, 2.05) is 6.92 Å². The Bertz CT molecular complexity index is 1290. The summed E-state index contributed by atoms with van der Waals surface area (Å²) in [7, 11) is 0. The van der Waals surface area contributed by atoms with Crippen molar-refractivity contribution in [2.45, 2.75) is 23.4 Å². The summed E-state index contributed by atoms with van der Waals surface area (Å²) in [6.45, 7) is 2.18. The number of hydrogen-bond donors (Lipinski definition) is 1. The van der Waals surface area contributed by atoms with E-state index < -0.39 is 11.6 Å². The second kappa shape index (κ2) is 9.00. The fraction of sp³-hybridized carbons (Fsp3) is 0.143. The lowest BCUT2D eigenvalue weighted by molar-refractivity contribution is -0.117. The quantitative estimate of drug-likeness (QED) is 0.476. The molecule has 0 aliphatic rings. The van der Waals surface area contributed by atoms with Crippen molar-refractivity contribution in [2.75, 3.05) is 11.9 Å². The summed E-state index contributed by atoms with van der Waals surface area (Å²) < 4.78 is 20.9. The number of anilines is 1. The van der Waals surface area contributed by atoms with Gasteiger partial charge in [-0.2, -0.15) is 9.61 Å². The molecule has 2 aromatic carbocycles. The van der Waals surface area contributed by atoms with Crippen LogP contribution in [-0.2, 0) is 11.3 Å². The average molecular weight is 439 g/mol. The molecule has 0 bridgehead atoms. The van der Waals surface area contributed by atoms with Gasteiger partial charge in [0.25, 0.3) is 0 Å². The van der Waals surface area contributed by atoms with Gasteiger partial charge in [0.15, 0.2) is 5.65 Å². The molecular weight excluding hydrogens is 421 g/mol. The summed E-state index contributed by atoms with van der Waals surface area (Å²) in [5.74, 6) is -0.0475. The Morgan fingerprint density at radius 2 is 1.94 bits per heavy atom. The molecule has 0 spiro atoms. The average Bonchev–Trinajstić information content (AvgIpc) is 3.05. The van der Waals surface area contributed by atoms with E-state index in [0.29, 0.717) is 33.6 Å². The van der Waals surface area contributed by atoms with Gasteiger partial charge in [0.1, 0.15) is 23.1 Å². The van der Waals surface area contributed by atoms with Gasteiger partial charge >= 0.3 is 5.69 Å². The van der Waals surface area contributed by atoms with Crippen molar-refractivity contribution in [1.29, 1.82) is 0 Å². The number of nitrogens with one attached hydrogen (secondary N) is 1. The van der Waals surface area contributed by atoms with Crippen molar-refractivity contribution < 1.29 is 13.9 Å². The lowest BCUT2D eigenvalue weighted by Crippen LogP contribution is -2.28. The van der Waals surface area contributed by atoms with Gasteiger partial charge in [-0.15, -0.1) is 5.10 Å². The molecule has 31 heavy (non-hydrogen) atoms. The fourth-order valence-electron chi connectivity index (χ4n) is 2.84. The second-order valence-electron chi connectivity index (χ2n) is 6.45. The van der Waals surface area contributed by atoms with Crippen molar-refractivity contribution in [2.24, 2.45) is 0 Å². The number of rotatable bonds is 7. The summed E-state index contributed by atoms with van der Waals surface area (Å²) in [5.41, 5.74) is 0.346. The molecule has 1 amide bonds. The number of hydrogen-bond acceptors (Lipinski definition) is 6. The summed E-state index contributed by atoms with van der Waals surface area (Å²) >= 11 is 1.22. The molecule has 0 radical (unpaired) electrons. The summed E-state index contributed by atoms with van der Waals surface area (Å²) in [6, 6.07) is 16.3. The minimum absolute atomic E-state index is 0.262. The van der Waals surface area contributed by atoms with Crippen molar-refractivity contribution in [1.82, 2.24) is 19.4 Å². The summed E-state index contributed by atoms with van der Waals surface area (Å²) in [4.78, 5) is 25.6. The smallest absolute Gasteiger partial charge is 0.367 e. The van der Waals surface area contributed by atoms with Gasteiger partial charge in [0, 0.05) is 10.6 Å². The van der Waals surface area contributed by atoms with E-state index in [0.717, 1.165) is 9.20 Å². The van der Waals surface area contributed by atoms with Crippen molar-refractivity contribution in [3.05, 3.63) is 77.0 Å². The Hall–Kier alpha value is -3.66. The first kappa shape index (κ1) is 20.6. The Balaban J connectivity index is 1.48. The SMILES string of the molecule is CCOc1ccc(NC(=O)Cn2nc3ccc(Sc4cccc(F)c4)nn3c2=O)cc1.